The van der Waals surface area contributed by atoms with E-state index in [0.29, 0.717) is 58.1 Å². The molecule has 4 unspecified atom stereocenters. The van der Waals surface area contributed by atoms with Gasteiger partial charge in [0, 0.05) is 54.8 Å². The summed E-state index contributed by atoms with van der Waals surface area (Å²) in [5.41, 5.74) is 4.28. The van der Waals surface area contributed by atoms with E-state index in [1.807, 2.05) is 0 Å². The number of hydrogen-bond acceptors (Lipinski definition) is 13. The lowest BCUT2D eigenvalue weighted by Crippen LogP contribution is -2.59. The first-order valence-corrected chi connectivity index (χ1v) is 29.8. The average Bonchev–Trinajstić information content (AvgIpc) is 3.62. The molecule has 4 aromatic rings. The highest BCUT2D eigenvalue weighted by Crippen LogP contribution is 2.49. The molecule has 8 bridgehead atoms. The van der Waals surface area contributed by atoms with E-state index >= 15 is 0 Å². The Labute approximate surface area is 473 Å². The fourth-order valence-electron chi connectivity index (χ4n) is 16.7. The largest absolute Gasteiger partial charge is 0.480 e. The van der Waals surface area contributed by atoms with Crippen molar-refractivity contribution in [3.05, 3.63) is 90.2 Å². The van der Waals surface area contributed by atoms with Crippen LogP contribution < -0.4 is 28.2 Å². The highest BCUT2D eigenvalue weighted by Gasteiger charge is 2.48. The zero-order chi connectivity index (χ0) is 55.5. The number of ether oxygens (including phenoxy) is 2. The predicted octanol–water partition coefficient (Wildman–Crippen LogP) is 7.53. The number of rotatable bonds is 12. The smallest absolute Gasteiger partial charge is 0.332 e. The van der Waals surface area contributed by atoms with Gasteiger partial charge >= 0.3 is 29.3 Å². The molecule has 4 aliphatic carbocycles. The Kier molecular flexibility index (Phi) is 19.4. The van der Waals surface area contributed by atoms with Crippen molar-refractivity contribution in [1.82, 2.24) is 28.1 Å². The Bertz CT molecular complexity index is 3080. The van der Waals surface area contributed by atoms with Gasteiger partial charge < -0.3 is 20.3 Å². The summed E-state index contributed by atoms with van der Waals surface area (Å²) in [5, 5.41) is 10.3. The lowest BCUT2D eigenvalue weighted by molar-refractivity contribution is -0.142. The normalized spacial score (nSPS) is 29.8. The van der Waals surface area contributed by atoms with Crippen molar-refractivity contribution < 1.29 is 33.8 Å². The summed E-state index contributed by atoms with van der Waals surface area (Å²) in [6.07, 6.45) is 26.5. The zero-order valence-corrected chi connectivity index (χ0v) is 47.7. The maximum absolute atomic E-state index is 13.9. The number of hydrogen-bond donors (Lipinski definition) is 2. The van der Waals surface area contributed by atoms with Gasteiger partial charge in [0.2, 0.25) is 0 Å². The molecule has 18 nitrogen and oxygen atoms in total. The number of carbonyl (C=O) groups excluding carboxylic acids is 3. The van der Waals surface area contributed by atoms with Crippen LogP contribution >= 0.6 is 12.4 Å². The number of carbonyl (C=O) groups is 4. The van der Waals surface area contributed by atoms with Gasteiger partial charge in [0.25, 0.3) is 11.1 Å². The molecule has 19 heteroatoms. The Morgan fingerprint density at radius 2 is 0.863 bits per heavy atom. The summed E-state index contributed by atoms with van der Waals surface area (Å²) in [6, 6.07) is 16.5. The molecular formula is C61H84ClN7O11. The van der Waals surface area contributed by atoms with Crippen LogP contribution in [0.15, 0.2) is 67.7 Å². The van der Waals surface area contributed by atoms with Crippen molar-refractivity contribution in [2.45, 2.75) is 216 Å². The van der Waals surface area contributed by atoms with Gasteiger partial charge in [-0.3, -0.25) is 56.8 Å². The standard InChI is InChI=1S/C31H41N3O5.C27H35N3O4.C3H7NO2.ClH/c1-39-29(36)13-12-26(35)19-32-28-11-3-2-10-27(28)30(37)34(31(32)38)25-17-22-8-5-9-23(18-25)33(22)24-15-20-6-4-7-21(14-20)16-24;31-25(32)16-28-24-10-2-1-9-23(24)26(33)30(27(28)34)22-14-19-7-4-8-20(15-22)29(19)21-12-17-5-3-6-18(11-17)13-21;1-6-3(5)2-4;/h2-3,10-11,20-25H,4-9,12-19H2,1H3;1-2,9-10,17-22H,3-8,11-16H2,(H,31,32);2,4H2,1H3;1H/t20-,21+,22-,23+,24?,25?;17-,18+,19-,20+,21?,22?;;. The van der Waals surface area contributed by atoms with E-state index in [4.69, 9.17) is 5.73 Å². The number of Topliss-reactive ketones (excluding diaryl/α,β-unsaturated/α-hetero) is 1. The van der Waals surface area contributed by atoms with Crippen molar-refractivity contribution in [2.24, 2.45) is 29.4 Å². The second-order valence-corrected chi connectivity index (χ2v) is 24.6. The Balaban J connectivity index is 0.000000175. The molecule has 436 valence electrons. The Morgan fingerprint density at radius 1 is 0.487 bits per heavy atom. The number of ketones is 1. The van der Waals surface area contributed by atoms with Gasteiger partial charge in [0.1, 0.15) is 6.54 Å². The fourth-order valence-corrected chi connectivity index (χ4v) is 16.7. The van der Waals surface area contributed by atoms with Gasteiger partial charge in [-0.2, -0.15) is 0 Å². The molecule has 2 aromatic carbocycles. The van der Waals surface area contributed by atoms with E-state index in [9.17, 15) is 43.5 Å². The molecule has 3 N–H and O–H groups in total. The van der Waals surface area contributed by atoms with Crippen LogP contribution in [0.1, 0.15) is 166 Å². The van der Waals surface area contributed by atoms with Crippen LogP contribution in [-0.4, -0.2) is 114 Å². The molecule has 8 aliphatic rings. The Morgan fingerprint density at radius 3 is 1.23 bits per heavy atom. The molecular weight excluding hydrogens is 1040 g/mol. The minimum atomic E-state index is -1.08. The molecule has 0 spiro atoms. The van der Waals surface area contributed by atoms with Crippen LogP contribution in [0, 0.1) is 23.7 Å². The van der Waals surface area contributed by atoms with Crippen LogP contribution in [0.25, 0.3) is 21.8 Å². The van der Waals surface area contributed by atoms with Crippen LogP contribution in [0.2, 0.25) is 0 Å². The molecule has 12 rings (SSSR count). The monoisotopic (exact) mass is 1130 g/mol. The minimum absolute atomic E-state index is 0. The summed E-state index contributed by atoms with van der Waals surface area (Å²) >= 11 is 0. The molecule has 0 amide bonds. The van der Waals surface area contributed by atoms with Gasteiger partial charge in [0.15, 0.2) is 5.78 Å². The summed E-state index contributed by atoms with van der Waals surface area (Å²) in [4.78, 5) is 106. The first-order valence-electron chi connectivity index (χ1n) is 29.8. The summed E-state index contributed by atoms with van der Waals surface area (Å²) in [5.74, 6) is 1.35. The second-order valence-electron chi connectivity index (χ2n) is 24.6. The lowest BCUT2D eigenvalue weighted by Gasteiger charge is -2.55. The van der Waals surface area contributed by atoms with Gasteiger partial charge in [0.05, 0.1) is 55.5 Å². The molecule has 2 aromatic heterocycles. The van der Waals surface area contributed by atoms with Crippen molar-refractivity contribution in [3.63, 3.8) is 0 Å². The van der Waals surface area contributed by atoms with E-state index < -0.39 is 29.9 Å². The SMILES string of the molecule is COC(=O)CCC(=O)Cn1c(=O)n(C2C[C@H]3CCC[C@@H](C2)N3C2C[C@H]3CCC[C@@H](C2)C3)c(=O)c2ccccc21.COC(=O)CN.Cl.O=C(O)Cn1c(=O)n(C2C[C@H]3CCC[C@@H](C2)N3C2C[C@H]3CCC[C@@H](C2)C3)c(=O)c2ccccc21. The minimum Gasteiger partial charge on any atom is -0.480 e. The first kappa shape index (κ1) is 59.2. The number of esters is 2. The van der Waals surface area contributed by atoms with Crippen molar-refractivity contribution >= 4 is 57.9 Å². The number of halogens is 1. The van der Waals surface area contributed by atoms with Gasteiger partial charge in [-0.15, -0.1) is 12.4 Å². The lowest BCUT2D eigenvalue weighted by atomic mass is 9.68. The number of carboxylic acids is 1. The second kappa shape index (κ2) is 26.2. The van der Waals surface area contributed by atoms with Crippen molar-refractivity contribution in [3.8, 4) is 0 Å². The molecule has 6 heterocycles. The van der Waals surface area contributed by atoms with E-state index in [1.54, 1.807) is 48.5 Å². The first-order chi connectivity index (χ1) is 38.2. The highest BCUT2D eigenvalue weighted by molar-refractivity contribution is 5.86. The molecule has 4 saturated heterocycles. The molecule has 8 fully saturated rings. The van der Waals surface area contributed by atoms with Gasteiger partial charge in [-0.1, -0.05) is 75.6 Å². The van der Waals surface area contributed by atoms with Crippen LogP contribution in [-0.2, 0) is 41.7 Å². The van der Waals surface area contributed by atoms with Crippen LogP contribution in [0.3, 0.4) is 0 Å². The molecule has 0 radical (unpaired) electrons. The van der Waals surface area contributed by atoms with Gasteiger partial charge in [-0.05, 0) is 138 Å². The quantitative estimate of drug-likeness (QED) is 0.131. The number of piperidine rings is 4. The maximum Gasteiger partial charge on any atom is 0.332 e. The number of nitrogens with zero attached hydrogens (tertiary/aromatic N) is 6. The maximum atomic E-state index is 13.9. The molecule has 4 saturated carbocycles. The number of methoxy groups -OCH3 is 2. The highest BCUT2D eigenvalue weighted by atomic mass is 35.5. The third-order valence-corrected chi connectivity index (χ3v) is 19.8. The van der Waals surface area contributed by atoms with Crippen LogP contribution in [0.4, 0.5) is 0 Å². The number of aromatic nitrogens is 4. The van der Waals surface area contributed by atoms with Crippen LogP contribution in [0.5, 0.6) is 0 Å². The summed E-state index contributed by atoms with van der Waals surface area (Å²) in [7, 11) is 2.59. The van der Waals surface area contributed by atoms with E-state index in [-0.39, 0.29) is 73.3 Å². The topological polar surface area (TPSA) is 227 Å². The van der Waals surface area contributed by atoms with Crippen molar-refractivity contribution in [1.29, 1.82) is 0 Å². The number of nitrogens with two attached hydrogens (primary N) is 1. The number of benzene rings is 2. The Hall–Kier alpha value is -5.43. The fraction of sp³-hybridized carbons (Fsp3) is 0.672. The van der Waals surface area contributed by atoms with E-state index in [2.05, 4.69) is 19.3 Å². The molecule has 80 heavy (non-hydrogen) atoms. The molecule has 4 aliphatic heterocycles. The third kappa shape index (κ3) is 12.6. The number of fused-ring (bicyclic) bond motifs is 10. The van der Waals surface area contributed by atoms with E-state index in [1.165, 1.54) is 122 Å². The average molecular weight is 1130 g/mol. The van der Waals surface area contributed by atoms with E-state index in [0.717, 1.165) is 75.0 Å². The molecule has 12 atom stereocenters. The number of carboxylic acid groups (broad SMARTS) is 1. The van der Waals surface area contributed by atoms with Gasteiger partial charge in [-0.25, -0.2) is 9.59 Å². The summed E-state index contributed by atoms with van der Waals surface area (Å²) in [6.45, 7) is -0.625. The predicted molar refractivity (Wildman–Crippen MR) is 307 cm³/mol. The zero-order valence-electron chi connectivity index (χ0n) is 46.8. The summed E-state index contributed by atoms with van der Waals surface area (Å²) < 4.78 is 14.4. The number of aliphatic carboxylic acids is 1. The third-order valence-electron chi connectivity index (χ3n) is 19.8. The van der Waals surface area contributed by atoms with Crippen molar-refractivity contribution in [2.75, 3.05) is 20.8 Å². The number of para-hydroxylation sites is 2.